The van der Waals surface area contributed by atoms with Gasteiger partial charge in [0, 0.05) is 0 Å². The molecule has 0 fully saturated rings. The minimum atomic E-state index is -3.52. The minimum Gasteiger partial charge on any atom is -0.344 e. The van der Waals surface area contributed by atoms with Gasteiger partial charge in [-0.25, -0.2) is 8.42 Å². The van der Waals surface area contributed by atoms with Crippen LogP contribution in [0.2, 0.25) is 5.02 Å². The average molecular weight is 335 g/mol. The van der Waals surface area contributed by atoms with Gasteiger partial charge in [0.1, 0.15) is 23.9 Å². The summed E-state index contributed by atoms with van der Waals surface area (Å²) in [6.45, 7) is 3.09. The maximum absolute atomic E-state index is 12.1. The lowest BCUT2D eigenvalue weighted by molar-refractivity contribution is 0.587. The fourth-order valence-electron chi connectivity index (χ4n) is 1.47. The van der Waals surface area contributed by atoms with Crippen molar-refractivity contribution in [1.82, 2.24) is 0 Å². The van der Waals surface area contributed by atoms with Gasteiger partial charge in [0.05, 0.1) is 20.9 Å². The summed E-state index contributed by atoms with van der Waals surface area (Å²) in [4.78, 5) is 0.0298. The van der Waals surface area contributed by atoms with Crippen molar-refractivity contribution in [3.63, 3.8) is 0 Å². The summed E-state index contributed by atoms with van der Waals surface area (Å²) in [7, 11) is -3.52. The third kappa shape index (κ3) is 3.56. The number of benzene rings is 1. The summed E-state index contributed by atoms with van der Waals surface area (Å²) in [5.41, 5.74) is -0.593. The van der Waals surface area contributed by atoms with E-state index in [4.69, 9.17) is 27.4 Å². The fourth-order valence-corrected chi connectivity index (χ4v) is 2.72. The molecule has 0 aliphatic carbocycles. The van der Waals surface area contributed by atoms with E-state index in [-0.39, 0.29) is 21.3 Å². The molecule has 0 aliphatic heterocycles. The van der Waals surface area contributed by atoms with Gasteiger partial charge in [-0.05, 0) is 32.0 Å². The van der Waals surface area contributed by atoms with E-state index in [1.807, 2.05) is 0 Å². The van der Waals surface area contributed by atoms with Gasteiger partial charge in [0.15, 0.2) is 15.4 Å². The fraction of sp³-hybridized carbons (Fsp3) is 0.214. The van der Waals surface area contributed by atoms with Crippen LogP contribution in [0, 0.1) is 34.0 Å². The van der Waals surface area contributed by atoms with Gasteiger partial charge in [0.25, 0.3) is 0 Å². The highest BCUT2D eigenvalue weighted by Crippen LogP contribution is 2.28. The Hall–Kier alpha value is -2.53. The first kappa shape index (κ1) is 17.5. The van der Waals surface area contributed by atoms with Crippen LogP contribution in [-0.2, 0) is 9.84 Å². The molecular formula is C14H11ClN4O2S. The summed E-state index contributed by atoms with van der Waals surface area (Å²) >= 11 is 5.96. The third-order valence-corrected chi connectivity index (χ3v) is 5.21. The molecule has 0 heterocycles. The number of halogens is 1. The lowest BCUT2D eigenvalue weighted by atomic mass is 10.2. The minimum absolute atomic E-state index is 0.0298. The zero-order valence-corrected chi connectivity index (χ0v) is 13.3. The SMILES string of the molecule is CC(C)S(=O)(=O)c1ccc(Cl)c(NC(C#N)=C(C#N)C#N)c1. The molecule has 6 nitrogen and oxygen atoms in total. The Morgan fingerprint density at radius 2 is 1.77 bits per heavy atom. The maximum atomic E-state index is 12.1. The van der Waals surface area contributed by atoms with Gasteiger partial charge >= 0.3 is 0 Å². The lowest BCUT2D eigenvalue weighted by Crippen LogP contribution is -2.14. The summed E-state index contributed by atoms with van der Waals surface area (Å²) in [6.07, 6.45) is 0. The molecule has 0 saturated heterocycles. The molecule has 8 heteroatoms. The van der Waals surface area contributed by atoms with Crippen molar-refractivity contribution in [3.05, 3.63) is 34.5 Å². The second kappa shape index (κ2) is 6.95. The number of allylic oxidation sites excluding steroid dienone is 2. The van der Waals surface area contributed by atoms with Crippen molar-refractivity contribution in [1.29, 1.82) is 15.8 Å². The number of sulfone groups is 1. The van der Waals surface area contributed by atoms with Crippen molar-refractivity contribution in [2.24, 2.45) is 0 Å². The summed E-state index contributed by atoms with van der Waals surface area (Å²) in [6, 6.07) is 8.82. The van der Waals surface area contributed by atoms with Crippen LogP contribution in [-0.4, -0.2) is 13.7 Å². The van der Waals surface area contributed by atoms with Crippen LogP contribution >= 0.6 is 11.6 Å². The average Bonchev–Trinajstić information content (AvgIpc) is 2.48. The largest absolute Gasteiger partial charge is 0.344 e. The monoisotopic (exact) mass is 334 g/mol. The predicted octanol–water partition coefficient (Wildman–Crippen LogP) is 2.76. The topological polar surface area (TPSA) is 118 Å². The Bertz CT molecular complexity index is 836. The Morgan fingerprint density at radius 3 is 2.23 bits per heavy atom. The van der Waals surface area contributed by atoms with E-state index in [0.29, 0.717) is 0 Å². The normalized spacial score (nSPS) is 10.2. The Balaban J connectivity index is 3.41. The standard InChI is InChI=1S/C14H11ClN4O2S/c1-9(2)22(20,21)11-3-4-12(15)13(5-11)19-14(8-18)10(6-16)7-17/h3-5,9,19H,1-2H3. The maximum Gasteiger partial charge on any atom is 0.180 e. The van der Waals surface area contributed by atoms with Crippen LogP contribution in [0.4, 0.5) is 5.69 Å². The first-order chi connectivity index (χ1) is 10.3. The predicted molar refractivity (Wildman–Crippen MR) is 81.3 cm³/mol. The summed E-state index contributed by atoms with van der Waals surface area (Å²) in [5, 5.41) is 28.6. The molecule has 1 N–H and O–H groups in total. The molecule has 1 rings (SSSR count). The van der Waals surface area contributed by atoms with Crippen LogP contribution in [0.3, 0.4) is 0 Å². The molecule has 0 saturated carbocycles. The van der Waals surface area contributed by atoms with Crippen molar-refractivity contribution >= 4 is 27.1 Å². The smallest absolute Gasteiger partial charge is 0.180 e. The first-order valence-corrected chi connectivity index (χ1v) is 7.95. The van der Waals surface area contributed by atoms with Crippen LogP contribution in [0.5, 0.6) is 0 Å². The van der Waals surface area contributed by atoms with E-state index in [1.165, 1.54) is 18.2 Å². The van der Waals surface area contributed by atoms with E-state index in [0.717, 1.165) is 0 Å². The van der Waals surface area contributed by atoms with Crippen LogP contribution in [0.25, 0.3) is 0 Å². The number of nitriles is 3. The van der Waals surface area contributed by atoms with Gasteiger partial charge in [0.2, 0.25) is 0 Å². The molecule has 0 aromatic heterocycles. The first-order valence-electron chi connectivity index (χ1n) is 6.03. The van der Waals surface area contributed by atoms with Crippen molar-refractivity contribution in [2.45, 2.75) is 24.0 Å². The number of hydrogen-bond acceptors (Lipinski definition) is 6. The molecule has 0 aliphatic rings. The van der Waals surface area contributed by atoms with Crippen LogP contribution in [0.15, 0.2) is 34.4 Å². The molecule has 1 aromatic rings. The Labute approximate surface area is 133 Å². The van der Waals surface area contributed by atoms with Gasteiger partial charge in [-0.1, -0.05) is 11.6 Å². The van der Waals surface area contributed by atoms with E-state index in [9.17, 15) is 8.42 Å². The highest BCUT2D eigenvalue weighted by atomic mass is 35.5. The molecule has 1 aromatic carbocycles. The zero-order valence-electron chi connectivity index (χ0n) is 11.8. The highest BCUT2D eigenvalue weighted by molar-refractivity contribution is 7.92. The van der Waals surface area contributed by atoms with E-state index >= 15 is 0 Å². The molecule has 0 bridgehead atoms. The highest BCUT2D eigenvalue weighted by Gasteiger charge is 2.20. The van der Waals surface area contributed by atoms with Gasteiger partial charge in [-0.3, -0.25) is 0 Å². The zero-order chi connectivity index (χ0) is 16.9. The van der Waals surface area contributed by atoms with Crippen LogP contribution in [0.1, 0.15) is 13.8 Å². The van der Waals surface area contributed by atoms with Crippen molar-refractivity contribution < 1.29 is 8.42 Å². The Morgan fingerprint density at radius 1 is 1.18 bits per heavy atom. The number of nitrogens with zero attached hydrogens (tertiary/aromatic N) is 3. The lowest BCUT2D eigenvalue weighted by Gasteiger charge is -2.12. The second-order valence-corrected chi connectivity index (χ2v) is 7.36. The summed E-state index contributed by atoms with van der Waals surface area (Å²) in [5.74, 6) is 0. The van der Waals surface area contributed by atoms with E-state index in [2.05, 4.69) is 5.32 Å². The molecule has 112 valence electrons. The number of rotatable bonds is 4. The molecule has 0 amide bonds. The number of anilines is 1. The number of nitrogens with one attached hydrogen (secondary N) is 1. The van der Waals surface area contributed by atoms with Gasteiger partial charge in [-0.2, -0.15) is 15.8 Å². The van der Waals surface area contributed by atoms with Gasteiger partial charge < -0.3 is 5.32 Å². The molecule has 22 heavy (non-hydrogen) atoms. The molecule has 0 atom stereocenters. The molecule has 0 radical (unpaired) electrons. The Kier molecular flexibility index (Phi) is 5.54. The van der Waals surface area contributed by atoms with Crippen LogP contribution < -0.4 is 5.32 Å². The third-order valence-electron chi connectivity index (χ3n) is 2.73. The second-order valence-electron chi connectivity index (χ2n) is 4.45. The number of hydrogen-bond donors (Lipinski definition) is 1. The molecule has 0 spiro atoms. The van der Waals surface area contributed by atoms with E-state index < -0.39 is 20.7 Å². The van der Waals surface area contributed by atoms with E-state index in [1.54, 1.807) is 32.1 Å². The van der Waals surface area contributed by atoms with Crippen molar-refractivity contribution in [3.8, 4) is 18.2 Å². The molecular weight excluding hydrogens is 324 g/mol. The van der Waals surface area contributed by atoms with Gasteiger partial charge in [-0.15, -0.1) is 0 Å². The summed E-state index contributed by atoms with van der Waals surface area (Å²) < 4.78 is 24.3. The quantitative estimate of drug-likeness (QED) is 0.846. The molecule has 0 unspecified atom stereocenters. The van der Waals surface area contributed by atoms with Crippen molar-refractivity contribution in [2.75, 3.05) is 5.32 Å².